The molecule has 2 N–H and O–H groups in total. The molecule has 0 saturated carbocycles. The summed E-state index contributed by atoms with van der Waals surface area (Å²) in [5.41, 5.74) is 0.727. The highest BCUT2D eigenvalue weighted by molar-refractivity contribution is 5.82. The maximum atomic E-state index is 12.6. The van der Waals surface area contributed by atoms with Crippen molar-refractivity contribution in [1.29, 1.82) is 0 Å². The van der Waals surface area contributed by atoms with Crippen LogP contribution in [-0.2, 0) is 20.7 Å². The molecule has 15 nitrogen and oxygen atoms in total. The van der Waals surface area contributed by atoms with Crippen molar-refractivity contribution in [2.45, 2.75) is 38.5 Å². The number of hydrogen-bond acceptors (Lipinski definition) is 12. The number of nitrogens with one attached hydrogen (secondary N) is 2. The molecule has 1 saturated heterocycles. The molecular weight excluding hydrogens is 492 g/mol. The van der Waals surface area contributed by atoms with E-state index in [9.17, 15) is 14.9 Å². The van der Waals surface area contributed by atoms with Crippen LogP contribution >= 0.6 is 0 Å². The number of nitrogens with zero attached hydrogens (tertiary/aromatic N) is 4. The van der Waals surface area contributed by atoms with Gasteiger partial charge in [-0.3, -0.25) is 9.84 Å². The third-order valence-corrected chi connectivity index (χ3v) is 5.57. The molecule has 2 unspecified atom stereocenters. The number of benzene rings is 1. The number of ether oxygens (including phenoxy) is 4. The quantitative estimate of drug-likeness (QED) is 0.238. The van der Waals surface area contributed by atoms with Crippen molar-refractivity contribution < 1.29 is 43.0 Å². The van der Waals surface area contributed by atoms with Crippen LogP contribution in [-0.4, -0.2) is 80.8 Å². The van der Waals surface area contributed by atoms with Crippen molar-refractivity contribution in [2.75, 3.05) is 56.4 Å². The number of para-hydroxylation sites is 1. The van der Waals surface area contributed by atoms with Crippen molar-refractivity contribution in [3.05, 3.63) is 40.1 Å². The van der Waals surface area contributed by atoms with Crippen molar-refractivity contribution in [2.24, 2.45) is 0 Å². The largest absolute Gasteiger partial charge is 0.487 e. The van der Waals surface area contributed by atoms with E-state index in [2.05, 4.69) is 20.7 Å². The molecule has 3 heterocycles. The number of amides is 1. The van der Waals surface area contributed by atoms with Crippen LogP contribution in [0.5, 0.6) is 11.5 Å². The fraction of sp³-hybridized carbons (Fsp3) is 0.591. The van der Waals surface area contributed by atoms with Crippen LogP contribution in [0.25, 0.3) is 0 Å². The predicted molar refractivity (Wildman–Crippen MR) is 126 cm³/mol. The molecule has 1 amide bonds. The normalized spacial score (nSPS) is 17.9. The molecule has 2 aromatic rings. The van der Waals surface area contributed by atoms with Gasteiger partial charge in [0.15, 0.2) is 11.5 Å². The van der Waals surface area contributed by atoms with E-state index in [0.29, 0.717) is 50.8 Å². The molecule has 2 atom stereocenters. The van der Waals surface area contributed by atoms with Crippen LogP contribution in [0, 0.1) is 10.1 Å². The van der Waals surface area contributed by atoms with E-state index < -0.39 is 23.4 Å². The predicted octanol–water partition coefficient (Wildman–Crippen LogP) is 0.436. The van der Waals surface area contributed by atoms with E-state index >= 15 is 0 Å². The number of hydrogen-bond donors (Lipinski definition) is 2. The molecule has 15 heteroatoms. The molecule has 202 valence electrons. The fourth-order valence-electron chi connectivity index (χ4n) is 3.82. The maximum absolute atomic E-state index is 12.6. The fourth-order valence-corrected chi connectivity index (χ4v) is 3.82. The number of carbonyl (C=O) groups is 1. The maximum Gasteiger partial charge on any atom is 0.414 e. The summed E-state index contributed by atoms with van der Waals surface area (Å²) in [6, 6.07) is 5.43. The number of fused-ring (bicyclic) bond motifs is 1. The molecule has 0 radical (unpaired) electrons. The highest BCUT2D eigenvalue weighted by atomic mass is 17.0. The minimum Gasteiger partial charge on any atom is -0.487 e. The highest BCUT2D eigenvalue weighted by Crippen LogP contribution is 2.35. The topological polar surface area (TPSA) is 164 Å². The Balaban J connectivity index is 1.34. The summed E-state index contributed by atoms with van der Waals surface area (Å²) in [5, 5.41) is 21.4. The van der Waals surface area contributed by atoms with E-state index in [1.807, 2.05) is 18.9 Å². The van der Waals surface area contributed by atoms with Gasteiger partial charge in [-0.2, -0.15) is 0 Å². The minimum atomic E-state index is -0.824. The molecule has 4 rings (SSSR count). The Hall–Kier alpha value is -3.85. The second-order valence-electron chi connectivity index (χ2n) is 8.79. The Morgan fingerprint density at radius 3 is 2.92 bits per heavy atom. The van der Waals surface area contributed by atoms with Gasteiger partial charge in [0.05, 0.1) is 31.1 Å². The monoisotopic (exact) mass is 523 g/mol. The lowest BCUT2D eigenvalue weighted by atomic mass is 10.0. The zero-order chi connectivity index (χ0) is 26.2. The van der Waals surface area contributed by atoms with Crippen molar-refractivity contribution in [3.63, 3.8) is 0 Å². The first-order chi connectivity index (χ1) is 17.9. The van der Waals surface area contributed by atoms with Crippen LogP contribution in [0.3, 0.4) is 0 Å². The third kappa shape index (κ3) is 7.57. The van der Waals surface area contributed by atoms with Gasteiger partial charge < -0.3 is 29.1 Å². The number of carbonyl (C=O) groups excluding carboxylic acids is 1. The Labute approximate surface area is 212 Å². The minimum absolute atomic E-state index is 0.0211. The van der Waals surface area contributed by atoms with Crippen molar-refractivity contribution in [3.8, 4) is 11.5 Å². The molecule has 0 spiro atoms. The van der Waals surface area contributed by atoms with Crippen LogP contribution in [0.15, 0.2) is 28.9 Å². The van der Waals surface area contributed by atoms with Gasteiger partial charge in [0, 0.05) is 24.6 Å². The standard InChI is InChI=1S/C22H30N6O9/c1-15(2)23-11-18(35-22(29)24-20-12-27(25-36-20)26-6-8-32-9-7-26)14-33-19-5-3-4-16-10-17(37-28(30)31)13-34-21(16)19/h3-5,12,15,17-18,23H,6-11,13-14H2,1-2H3/p+1. The summed E-state index contributed by atoms with van der Waals surface area (Å²) >= 11 is 0. The van der Waals surface area contributed by atoms with E-state index in [1.54, 1.807) is 24.4 Å². The van der Waals surface area contributed by atoms with Gasteiger partial charge in [0.1, 0.15) is 25.4 Å². The first kappa shape index (κ1) is 26.2. The van der Waals surface area contributed by atoms with E-state index in [1.165, 1.54) is 4.79 Å². The van der Waals surface area contributed by atoms with E-state index in [4.69, 9.17) is 23.5 Å². The van der Waals surface area contributed by atoms with Crippen LogP contribution in [0.2, 0.25) is 0 Å². The molecule has 2 aliphatic rings. The molecular formula is C22H31N6O9+. The van der Waals surface area contributed by atoms with Gasteiger partial charge in [-0.05, 0) is 6.07 Å². The molecule has 1 aromatic carbocycles. The summed E-state index contributed by atoms with van der Waals surface area (Å²) in [6.07, 6.45) is -0.205. The summed E-state index contributed by atoms with van der Waals surface area (Å²) in [7, 11) is 0. The molecule has 0 bridgehead atoms. The second-order valence-corrected chi connectivity index (χ2v) is 8.79. The summed E-state index contributed by atoms with van der Waals surface area (Å²) in [5.74, 6) is 1.06. The van der Waals surface area contributed by atoms with Crippen LogP contribution in [0.1, 0.15) is 19.4 Å². The van der Waals surface area contributed by atoms with Gasteiger partial charge in [0.25, 0.3) is 11.3 Å². The lowest BCUT2D eigenvalue weighted by molar-refractivity contribution is -0.769. The second kappa shape index (κ2) is 12.4. The first-order valence-electron chi connectivity index (χ1n) is 12.0. The Bertz CT molecular complexity index is 1060. The van der Waals surface area contributed by atoms with E-state index in [-0.39, 0.29) is 25.1 Å². The SMILES string of the molecule is CC(C)NCC(COc1cccc2c1OCC(O[N+](=O)[O-])C2)OC(=O)Nc1c[n+](N2CCOCC2)no1. The number of rotatable bonds is 11. The Morgan fingerprint density at radius 1 is 1.35 bits per heavy atom. The average Bonchev–Trinajstić information content (AvgIpc) is 3.34. The summed E-state index contributed by atoms with van der Waals surface area (Å²) in [4.78, 5) is 29.4. The Kier molecular flexibility index (Phi) is 8.79. The smallest absolute Gasteiger partial charge is 0.414 e. The molecule has 37 heavy (non-hydrogen) atoms. The van der Waals surface area contributed by atoms with Crippen LogP contribution < -0.4 is 29.9 Å². The van der Waals surface area contributed by atoms with Gasteiger partial charge in [0.2, 0.25) is 5.27 Å². The van der Waals surface area contributed by atoms with E-state index in [0.717, 1.165) is 5.56 Å². The van der Waals surface area contributed by atoms with Gasteiger partial charge in [-0.25, -0.2) is 4.79 Å². The lowest BCUT2D eigenvalue weighted by Crippen LogP contribution is -2.62. The lowest BCUT2D eigenvalue weighted by Gasteiger charge is -2.26. The summed E-state index contributed by atoms with van der Waals surface area (Å²) < 4.78 is 27.7. The zero-order valence-corrected chi connectivity index (χ0v) is 20.7. The number of morpholine rings is 1. The number of aromatic nitrogens is 2. The first-order valence-corrected chi connectivity index (χ1v) is 12.0. The molecule has 0 aliphatic carbocycles. The third-order valence-electron chi connectivity index (χ3n) is 5.57. The van der Waals surface area contributed by atoms with Crippen LogP contribution in [0.4, 0.5) is 10.7 Å². The molecule has 1 aromatic heterocycles. The van der Waals surface area contributed by atoms with Gasteiger partial charge >= 0.3 is 12.0 Å². The van der Waals surface area contributed by atoms with Crippen molar-refractivity contribution >= 4 is 12.0 Å². The summed E-state index contributed by atoms with van der Waals surface area (Å²) in [6.45, 7) is 6.80. The van der Waals surface area contributed by atoms with Gasteiger partial charge in [-0.15, -0.1) is 15.1 Å². The van der Waals surface area contributed by atoms with Gasteiger partial charge in [-0.1, -0.05) is 26.0 Å². The molecule has 1 fully saturated rings. The average molecular weight is 524 g/mol. The van der Waals surface area contributed by atoms with Crippen molar-refractivity contribution in [1.82, 2.24) is 10.6 Å². The molecule has 2 aliphatic heterocycles. The highest BCUT2D eigenvalue weighted by Gasteiger charge is 2.27. The zero-order valence-electron chi connectivity index (χ0n) is 20.7. The Morgan fingerprint density at radius 2 is 2.16 bits per heavy atom. The number of anilines is 1.